The van der Waals surface area contributed by atoms with Crippen LogP contribution in [0.3, 0.4) is 0 Å². The highest BCUT2D eigenvalue weighted by molar-refractivity contribution is 6.30. The molecule has 3 rings (SSSR count). The quantitative estimate of drug-likeness (QED) is 0.755. The van der Waals surface area contributed by atoms with Crippen molar-refractivity contribution in [3.8, 4) is 5.69 Å². The van der Waals surface area contributed by atoms with Crippen molar-refractivity contribution in [1.29, 1.82) is 0 Å². The van der Waals surface area contributed by atoms with Gasteiger partial charge in [0.05, 0.1) is 22.6 Å². The van der Waals surface area contributed by atoms with E-state index in [0.717, 1.165) is 74.6 Å². The Bertz CT molecular complexity index is 793. The fraction of sp³-hybridized carbons (Fsp3) is 0.524. The lowest BCUT2D eigenvalue weighted by atomic mass is 10.1. The van der Waals surface area contributed by atoms with Crippen molar-refractivity contribution >= 4 is 17.5 Å². The van der Waals surface area contributed by atoms with Crippen molar-refractivity contribution < 1.29 is 4.79 Å². The number of piperazine rings is 1. The molecule has 6 heteroatoms. The predicted octanol–water partition coefficient (Wildman–Crippen LogP) is 3.82. The molecule has 1 aromatic heterocycles. The number of carbonyl (C=O) groups excluding carboxylic acids is 1. The minimum atomic E-state index is 0.124. The van der Waals surface area contributed by atoms with E-state index in [1.165, 1.54) is 0 Å². The molecule has 0 aliphatic carbocycles. The summed E-state index contributed by atoms with van der Waals surface area (Å²) in [6.07, 6.45) is 2.51. The topological polar surface area (TPSA) is 41.4 Å². The zero-order valence-electron chi connectivity index (χ0n) is 16.5. The average Bonchev–Trinajstić information content (AvgIpc) is 3.06. The summed E-state index contributed by atoms with van der Waals surface area (Å²) in [5, 5.41) is 5.50. The molecule has 1 amide bonds. The van der Waals surface area contributed by atoms with E-state index in [-0.39, 0.29) is 5.91 Å². The first-order chi connectivity index (χ1) is 13.1. The van der Waals surface area contributed by atoms with Crippen molar-refractivity contribution in [3.05, 3.63) is 46.2 Å². The van der Waals surface area contributed by atoms with Gasteiger partial charge in [-0.1, -0.05) is 44.9 Å². The number of nitrogens with zero attached hydrogens (tertiary/aromatic N) is 4. The van der Waals surface area contributed by atoms with Crippen LogP contribution >= 0.6 is 11.6 Å². The molecule has 1 fully saturated rings. The van der Waals surface area contributed by atoms with Gasteiger partial charge >= 0.3 is 0 Å². The van der Waals surface area contributed by atoms with Crippen LogP contribution in [0.25, 0.3) is 5.69 Å². The lowest BCUT2D eigenvalue weighted by Gasteiger charge is -2.34. The van der Waals surface area contributed by atoms with Gasteiger partial charge in [0.1, 0.15) is 0 Å². The Morgan fingerprint density at radius 3 is 2.48 bits per heavy atom. The molecule has 0 bridgehead atoms. The predicted molar refractivity (Wildman–Crippen MR) is 110 cm³/mol. The second-order valence-electron chi connectivity index (χ2n) is 6.99. The molecule has 0 unspecified atom stereocenters. The van der Waals surface area contributed by atoms with Gasteiger partial charge in [0.15, 0.2) is 0 Å². The number of rotatable bonds is 6. The third-order valence-electron chi connectivity index (χ3n) is 5.25. The summed E-state index contributed by atoms with van der Waals surface area (Å²) in [6.45, 7) is 10.9. The van der Waals surface area contributed by atoms with Crippen LogP contribution in [-0.4, -0.2) is 58.2 Å². The Kier molecular flexibility index (Phi) is 6.55. The number of likely N-dealkylation sites (N-methyl/N-ethyl adjacent to an activating group) is 1. The van der Waals surface area contributed by atoms with Gasteiger partial charge in [-0.2, -0.15) is 5.10 Å². The third kappa shape index (κ3) is 4.19. The van der Waals surface area contributed by atoms with Gasteiger partial charge in [-0.25, -0.2) is 4.68 Å². The summed E-state index contributed by atoms with van der Waals surface area (Å²) < 4.78 is 1.91. The van der Waals surface area contributed by atoms with Crippen molar-refractivity contribution in [3.63, 3.8) is 0 Å². The molecule has 2 aromatic rings. The van der Waals surface area contributed by atoms with Crippen LogP contribution in [0.1, 0.15) is 48.9 Å². The van der Waals surface area contributed by atoms with E-state index in [2.05, 4.69) is 25.7 Å². The fourth-order valence-corrected chi connectivity index (χ4v) is 3.92. The van der Waals surface area contributed by atoms with Gasteiger partial charge in [-0.3, -0.25) is 4.79 Å². The molecular weight excluding hydrogens is 360 g/mol. The summed E-state index contributed by atoms with van der Waals surface area (Å²) in [7, 11) is 0. The Morgan fingerprint density at radius 1 is 1.15 bits per heavy atom. The number of hydrogen-bond acceptors (Lipinski definition) is 3. The third-order valence-corrected chi connectivity index (χ3v) is 5.48. The molecule has 1 aliphatic rings. The van der Waals surface area contributed by atoms with Gasteiger partial charge in [-0.15, -0.1) is 0 Å². The lowest BCUT2D eigenvalue weighted by molar-refractivity contribution is 0.0641. The van der Waals surface area contributed by atoms with Gasteiger partial charge in [0, 0.05) is 31.2 Å². The minimum absolute atomic E-state index is 0.124. The molecule has 0 spiro atoms. The SMILES string of the molecule is CCCc1nn(-c2cccc(Cl)c2)c(CC)c1C(=O)N1CCN(CC)CC1. The van der Waals surface area contributed by atoms with Crippen LogP contribution in [0.15, 0.2) is 24.3 Å². The first-order valence-electron chi connectivity index (χ1n) is 9.97. The van der Waals surface area contributed by atoms with Crippen molar-refractivity contribution in [2.24, 2.45) is 0 Å². The van der Waals surface area contributed by atoms with Crippen LogP contribution in [0.4, 0.5) is 0 Å². The maximum atomic E-state index is 13.4. The van der Waals surface area contributed by atoms with E-state index in [4.69, 9.17) is 16.7 Å². The van der Waals surface area contributed by atoms with Crippen LogP contribution in [0, 0.1) is 0 Å². The normalized spacial score (nSPS) is 15.3. The van der Waals surface area contributed by atoms with E-state index < -0.39 is 0 Å². The van der Waals surface area contributed by atoms with Crippen LogP contribution in [0.5, 0.6) is 0 Å². The smallest absolute Gasteiger partial charge is 0.257 e. The summed E-state index contributed by atoms with van der Waals surface area (Å²) in [4.78, 5) is 17.8. The van der Waals surface area contributed by atoms with Crippen molar-refractivity contribution in [1.82, 2.24) is 19.6 Å². The Morgan fingerprint density at radius 2 is 1.89 bits per heavy atom. The molecule has 0 saturated carbocycles. The largest absolute Gasteiger partial charge is 0.336 e. The highest BCUT2D eigenvalue weighted by Gasteiger charge is 2.28. The Labute approximate surface area is 166 Å². The molecule has 0 atom stereocenters. The molecular formula is C21H29ClN4O. The van der Waals surface area contributed by atoms with Crippen LogP contribution in [-0.2, 0) is 12.8 Å². The van der Waals surface area contributed by atoms with Crippen molar-refractivity contribution in [2.75, 3.05) is 32.7 Å². The average molecular weight is 389 g/mol. The fourth-order valence-electron chi connectivity index (χ4n) is 3.74. The maximum Gasteiger partial charge on any atom is 0.257 e. The number of amides is 1. The molecule has 27 heavy (non-hydrogen) atoms. The Balaban J connectivity index is 1.99. The number of halogens is 1. The van der Waals surface area contributed by atoms with Gasteiger partial charge in [-0.05, 0) is 37.6 Å². The molecule has 0 radical (unpaired) electrons. The first-order valence-corrected chi connectivity index (χ1v) is 10.3. The summed E-state index contributed by atoms with van der Waals surface area (Å²) in [5.41, 5.74) is 3.58. The molecule has 2 heterocycles. The van der Waals surface area contributed by atoms with E-state index >= 15 is 0 Å². The maximum absolute atomic E-state index is 13.4. The molecule has 5 nitrogen and oxygen atoms in total. The van der Waals surface area contributed by atoms with Gasteiger partial charge in [0.25, 0.3) is 5.91 Å². The summed E-state index contributed by atoms with van der Waals surface area (Å²) in [6, 6.07) is 7.66. The lowest BCUT2D eigenvalue weighted by Crippen LogP contribution is -2.48. The summed E-state index contributed by atoms with van der Waals surface area (Å²) >= 11 is 6.19. The van der Waals surface area contributed by atoms with Crippen molar-refractivity contribution in [2.45, 2.75) is 40.0 Å². The highest BCUT2D eigenvalue weighted by atomic mass is 35.5. The number of aryl methyl sites for hydroxylation is 1. The van der Waals surface area contributed by atoms with E-state index in [1.54, 1.807) is 0 Å². The second-order valence-corrected chi connectivity index (χ2v) is 7.43. The molecule has 1 aromatic carbocycles. The van der Waals surface area contributed by atoms with E-state index in [0.29, 0.717) is 5.02 Å². The van der Waals surface area contributed by atoms with Gasteiger partial charge in [0.2, 0.25) is 0 Å². The second kappa shape index (κ2) is 8.89. The molecule has 1 saturated heterocycles. The number of hydrogen-bond donors (Lipinski definition) is 0. The number of benzene rings is 1. The molecule has 1 aliphatic heterocycles. The molecule has 0 N–H and O–H groups in total. The zero-order valence-corrected chi connectivity index (χ0v) is 17.3. The summed E-state index contributed by atoms with van der Waals surface area (Å²) in [5.74, 6) is 0.124. The monoisotopic (exact) mass is 388 g/mol. The first kappa shape index (κ1) is 19.9. The highest BCUT2D eigenvalue weighted by Crippen LogP contribution is 2.24. The Hall–Kier alpha value is -1.85. The molecule has 146 valence electrons. The van der Waals surface area contributed by atoms with Crippen LogP contribution in [0.2, 0.25) is 5.02 Å². The van der Waals surface area contributed by atoms with E-state index in [9.17, 15) is 4.79 Å². The number of aromatic nitrogens is 2. The number of carbonyl (C=O) groups is 1. The van der Waals surface area contributed by atoms with Crippen LogP contribution < -0.4 is 0 Å². The van der Waals surface area contributed by atoms with Gasteiger partial charge < -0.3 is 9.80 Å². The standard InChI is InChI=1S/C21H29ClN4O/c1-4-8-18-20(21(27)25-13-11-24(6-3)12-14-25)19(5-2)26(23-18)17-10-7-9-16(22)15-17/h7,9-10,15H,4-6,8,11-14H2,1-3H3. The van der Waals surface area contributed by atoms with E-state index in [1.807, 2.05) is 33.8 Å². The minimum Gasteiger partial charge on any atom is -0.336 e. The zero-order chi connectivity index (χ0) is 19.4.